The van der Waals surface area contributed by atoms with Crippen molar-refractivity contribution in [1.82, 2.24) is 5.32 Å². The first-order valence-corrected chi connectivity index (χ1v) is 5.31. The van der Waals surface area contributed by atoms with Gasteiger partial charge in [-0.3, -0.25) is 5.32 Å². The fourth-order valence-electron chi connectivity index (χ4n) is 1.73. The number of nitriles is 1. The molecule has 1 rings (SSSR count). The molecule has 0 spiro atoms. The average molecular weight is 180 g/mol. The second kappa shape index (κ2) is 4.11. The molecule has 0 aromatic carbocycles. The van der Waals surface area contributed by atoms with Crippen molar-refractivity contribution >= 4 is 0 Å². The van der Waals surface area contributed by atoms with Crippen LogP contribution in [0.2, 0.25) is 0 Å². The van der Waals surface area contributed by atoms with E-state index >= 15 is 0 Å². The average Bonchev–Trinajstić information content (AvgIpc) is 2.91. The maximum Gasteiger partial charge on any atom is 0.109 e. The summed E-state index contributed by atoms with van der Waals surface area (Å²) in [6.07, 6.45) is 3.39. The summed E-state index contributed by atoms with van der Waals surface area (Å²) in [6, 6.07) is 2.47. The van der Waals surface area contributed by atoms with Gasteiger partial charge in [-0.2, -0.15) is 5.26 Å². The van der Waals surface area contributed by atoms with Gasteiger partial charge >= 0.3 is 0 Å². The Bertz CT molecular complexity index is 201. The molecule has 1 N–H and O–H groups in total. The molecule has 0 radical (unpaired) electrons. The number of nitrogens with zero attached hydrogens (tertiary/aromatic N) is 1. The van der Waals surface area contributed by atoms with E-state index in [0.29, 0.717) is 11.8 Å². The molecule has 2 heteroatoms. The molecule has 1 saturated carbocycles. The number of hydrogen-bond acceptors (Lipinski definition) is 2. The molecule has 0 heterocycles. The smallest absolute Gasteiger partial charge is 0.109 e. The van der Waals surface area contributed by atoms with Gasteiger partial charge < -0.3 is 0 Å². The Hall–Kier alpha value is -0.550. The Morgan fingerprint density at radius 3 is 2.46 bits per heavy atom. The lowest BCUT2D eigenvalue weighted by molar-refractivity contribution is 0.334. The Morgan fingerprint density at radius 1 is 1.54 bits per heavy atom. The van der Waals surface area contributed by atoms with Gasteiger partial charge in [0.05, 0.1) is 6.07 Å². The van der Waals surface area contributed by atoms with E-state index in [1.165, 1.54) is 12.8 Å². The molecule has 0 amide bonds. The van der Waals surface area contributed by atoms with Crippen molar-refractivity contribution in [1.29, 1.82) is 5.26 Å². The van der Waals surface area contributed by atoms with Crippen molar-refractivity contribution in [3.8, 4) is 6.07 Å². The van der Waals surface area contributed by atoms with E-state index in [-0.39, 0.29) is 5.54 Å². The molecular formula is C11H20N2. The predicted octanol–water partition coefficient (Wildman–Crippen LogP) is 2.31. The van der Waals surface area contributed by atoms with Gasteiger partial charge in [0.25, 0.3) is 0 Å². The monoisotopic (exact) mass is 180 g/mol. The number of nitrogens with one attached hydrogen (secondary N) is 1. The Kier molecular flexibility index (Phi) is 3.33. The molecule has 0 aliphatic heterocycles. The van der Waals surface area contributed by atoms with Crippen LogP contribution in [0.5, 0.6) is 0 Å². The molecule has 2 nitrogen and oxygen atoms in total. The summed E-state index contributed by atoms with van der Waals surface area (Å²) in [6.45, 7) is 7.42. The van der Waals surface area contributed by atoms with Crippen LogP contribution in [-0.2, 0) is 0 Å². The van der Waals surface area contributed by atoms with E-state index in [1.807, 2.05) is 0 Å². The normalized spacial score (nSPS) is 21.2. The van der Waals surface area contributed by atoms with Gasteiger partial charge in [0, 0.05) is 0 Å². The van der Waals surface area contributed by atoms with Crippen LogP contribution in [0.15, 0.2) is 0 Å². The molecule has 1 aliphatic carbocycles. The van der Waals surface area contributed by atoms with E-state index < -0.39 is 0 Å². The van der Waals surface area contributed by atoms with Crippen molar-refractivity contribution < 1.29 is 0 Å². The van der Waals surface area contributed by atoms with Crippen LogP contribution in [-0.4, -0.2) is 12.1 Å². The summed E-state index contributed by atoms with van der Waals surface area (Å²) < 4.78 is 0. The molecular weight excluding hydrogens is 160 g/mol. The third-order valence-corrected chi connectivity index (χ3v) is 2.86. The molecule has 1 fully saturated rings. The minimum Gasteiger partial charge on any atom is -0.299 e. The highest BCUT2D eigenvalue weighted by atomic mass is 15.0. The Morgan fingerprint density at radius 2 is 2.15 bits per heavy atom. The zero-order valence-corrected chi connectivity index (χ0v) is 8.93. The fraction of sp³-hybridized carbons (Fsp3) is 0.909. The van der Waals surface area contributed by atoms with E-state index in [4.69, 9.17) is 0 Å². The van der Waals surface area contributed by atoms with Gasteiger partial charge in [-0.05, 0) is 37.6 Å². The largest absolute Gasteiger partial charge is 0.299 e. The molecule has 13 heavy (non-hydrogen) atoms. The van der Waals surface area contributed by atoms with Crippen LogP contribution in [0.1, 0.15) is 40.0 Å². The first kappa shape index (κ1) is 10.5. The first-order valence-electron chi connectivity index (χ1n) is 5.31. The van der Waals surface area contributed by atoms with Crippen LogP contribution < -0.4 is 5.32 Å². The lowest BCUT2D eigenvalue weighted by atomic mass is 9.91. The third-order valence-electron chi connectivity index (χ3n) is 2.86. The maximum absolute atomic E-state index is 9.19. The topological polar surface area (TPSA) is 35.8 Å². The van der Waals surface area contributed by atoms with E-state index in [2.05, 4.69) is 32.2 Å². The summed E-state index contributed by atoms with van der Waals surface area (Å²) in [7, 11) is 0. The van der Waals surface area contributed by atoms with Crippen molar-refractivity contribution in [2.75, 3.05) is 6.54 Å². The zero-order chi connectivity index (χ0) is 9.90. The van der Waals surface area contributed by atoms with Crippen LogP contribution in [0.25, 0.3) is 0 Å². The summed E-state index contributed by atoms with van der Waals surface area (Å²) in [5.41, 5.74) is -0.218. The summed E-state index contributed by atoms with van der Waals surface area (Å²) in [4.78, 5) is 0. The van der Waals surface area contributed by atoms with Gasteiger partial charge in [0.15, 0.2) is 0 Å². The van der Waals surface area contributed by atoms with Gasteiger partial charge in [-0.15, -0.1) is 0 Å². The summed E-state index contributed by atoms with van der Waals surface area (Å²) in [5, 5.41) is 12.6. The minimum atomic E-state index is -0.218. The molecule has 1 aliphatic rings. The maximum atomic E-state index is 9.19. The fourth-order valence-corrected chi connectivity index (χ4v) is 1.73. The van der Waals surface area contributed by atoms with Crippen LogP contribution in [0.4, 0.5) is 0 Å². The van der Waals surface area contributed by atoms with E-state index in [9.17, 15) is 5.26 Å². The molecule has 0 saturated heterocycles. The quantitative estimate of drug-likeness (QED) is 0.704. The summed E-state index contributed by atoms with van der Waals surface area (Å²) >= 11 is 0. The van der Waals surface area contributed by atoms with Crippen LogP contribution in [0.3, 0.4) is 0 Å². The predicted molar refractivity (Wildman–Crippen MR) is 54.2 cm³/mol. The van der Waals surface area contributed by atoms with Gasteiger partial charge in [0.2, 0.25) is 0 Å². The van der Waals surface area contributed by atoms with E-state index in [1.54, 1.807) is 0 Å². The molecule has 0 bridgehead atoms. The molecule has 74 valence electrons. The Balaban J connectivity index is 2.51. The van der Waals surface area contributed by atoms with Crippen molar-refractivity contribution in [3.63, 3.8) is 0 Å². The molecule has 0 aromatic rings. The SMILES string of the molecule is CCC(C#N)(NCC(C)C)C1CC1. The highest BCUT2D eigenvalue weighted by molar-refractivity contribution is 5.14. The third kappa shape index (κ3) is 2.45. The molecule has 0 aromatic heterocycles. The summed E-state index contributed by atoms with van der Waals surface area (Å²) in [5.74, 6) is 1.24. The highest BCUT2D eigenvalue weighted by Crippen LogP contribution is 2.41. The first-order chi connectivity index (χ1) is 6.14. The number of rotatable bonds is 5. The standard InChI is InChI=1S/C11H20N2/c1-4-11(8-12,10-5-6-10)13-7-9(2)3/h9-10,13H,4-7H2,1-3H3. The number of hydrogen-bond donors (Lipinski definition) is 1. The van der Waals surface area contributed by atoms with E-state index in [0.717, 1.165) is 13.0 Å². The van der Waals surface area contributed by atoms with Crippen molar-refractivity contribution in [2.24, 2.45) is 11.8 Å². The van der Waals surface area contributed by atoms with Gasteiger partial charge in [-0.1, -0.05) is 20.8 Å². The van der Waals surface area contributed by atoms with Crippen LogP contribution in [0, 0.1) is 23.2 Å². The molecule has 1 unspecified atom stereocenters. The van der Waals surface area contributed by atoms with Crippen LogP contribution >= 0.6 is 0 Å². The minimum absolute atomic E-state index is 0.218. The van der Waals surface area contributed by atoms with Crippen molar-refractivity contribution in [2.45, 2.75) is 45.6 Å². The van der Waals surface area contributed by atoms with Gasteiger partial charge in [-0.25, -0.2) is 0 Å². The second-order valence-electron chi connectivity index (χ2n) is 4.49. The zero-order valence-electron chi connectivity index (χ0n) is 8.93. The second-order valence-corrected chi connectivity index (χ2v) is 4.49. The lowest BCUT2D eigenvalue weighted by Crippen LogP contribution is -2.47. The lowest BCUT2D eigenvalue weighted by Gasteiger charge is -2.27. The van der Waals surface area contributed by atoms with Gasteiger partial charge in [0.1, 0.15) is 5.54 Å². The van der Waals surface area contributed by atoms with Crippen molar-refractivity contribution in [3.05, 3.63) is 0 Å². The molecule has 1 atom stereocenters. The highest BCUT2D eigenvalue weighted by Gasteiger charge is 2.43. The Labute approximate surface area is 81.3 Å².